The van der Waals surface area contributed by atoms with Gasteiger partial charge in [0, 0.05) is 47.9 Å². The van der Waals surface area contributed by atoms with E-state index in [9.17, 15) is 37.4 Å². The molecule has 2 amide bonds. The van der Waals surface area contributed by atoms with Crippen molar-refractivity contribution in [1.29, 1.82) is 0 Å². The normalized spacial score (nSPS) is 16.9. The van der Waals surface area contributed by atoms with Crippen molar-refractivity contribution in [1.82, 2.24) is 9.97 Å². The number of hydrogen-bond acceptors (Lipinski definition) is 6. The van der Waals surface area contributed by atoms with Crippen LogP contribution in [0.15, 0.2) is 48.5 Å². The number of pyridine rings is 2. The number of carbonyl (C=O) groups is 2. The van der Waals surface area contributed by atoms with Gasteiger partial charge in [0.2, 0.25) is 0 Å². The fourth-order valence-electron chi connectivity index (χ4n) is 6.05. The number of amides is 2. The van der Waals surface area contributed by atoms with Gasteiger partial charge in [-0.1, -0.05) is 0 Å². The first-order chi connectivity index (χ1) is 22.0. The Kier molecular flexibility index (Phi) is 9.78. The van der Waals surface area contributed by atoms with Gasteiger partial charge < -0.3 is 21.7 Å². The highest BCUT2D eigenvalue weighted by molar-refractivity contribution is 5.93. The first-order valence-electron chi connectivity index (χ1n) is 14.8. The number of halogens is 4. The predicted molar refractivity (Wildman–Crippen MR) is 161 cm³/mol. The Balaban J connectivity index is 0.000000181. The smallest absolute Gasteiger partial charge is 0.267 e. The first kappa shape index (κ1) is 32.7. The number of primary amides is 2. The summed E-state index contributed by atoms with van der Waals surface area (Å²) in [5, 5.41) is 18.7. The quantitative estimate of drug-likeness (QED) is 0.230. The molecule has 0 radical (unpaired) electrons. The fourth-order valence-corrected chi connectivity index (χ4v) is 6.05. The van der Waals surface area contributed by atoms with Crippen LogP contribution in [0, 0.1) is 35.1 Å². The van der Waals surface area contributed by atoms with Crippen molar-refractivity contribution in [3.8, 4) is 22.3 Å². The third-order valence-electron chi connectivity index (χ3n) is 8.45. The van der Waals surface area contributed by atoms with E-state index in [-0.39, 0.29) is 47.6 Å². The number of aliphatic hydroxyl groups is 2. The molecule has 8 nitrogen and oxygen atoms in total. The van der Waals surface area contributed by atoms with Crippen LogP contribution in [0.4, 0.5) is 17.6 Å². The van der Waals surface area contributed by atoms with Crippen LogP contribution < -0.4 is 11.5 Å². The summed E-state index contributed by atoms with van der Waals surface area (Å²) in [6.45, 7) is 0.0598. The van der Waals surface area contributed by atoms with E-state index in [0.29, 0.717) is 48.2 Å². The molecular weight excluding hydrogens is 604 g/mol. The van der Waals surface area contributed by atoms with Crippen molar-refractivity contribution in [2.75, 3.05) is 13.2 Å². The van der Waals surface area contributed by atoms with Crippen molar-refractivity contribution in [3.63, 3.8) is 0 Å². The van der Waals surface area contributed by atoms with Crippen molar-refractivity contribution in [2.24, 2.45) is 23.3 Å². The van der Waals surface area contributed by atoms with Gasteiger partial charge in [-0.25, -0.2) is 27.5 Å². The first-order valence-corrected chi connectivity index (χ1v) is 14.8. The van der Waals surface area contributed by atoms with Crippen LogP contribution in [-0.4, -0.2) is 45.2 Å². The van der Waals surface area contributed by atoms with Crippen LogP contribution in [-0.2, 0) is 25.7 Å². The summed E-state index contributed by atoms with van der Waals surface area (Å²) >= 11 is 0. The molecule has 0 aliphatic heterocycles. The highest BCUT2D eigenvalue weighted by atomic mass is 19.1. The van der Waals surface area contributed by atoms with Crippen LogP contribution in [0.2, 0.25) is 0 Å². The van der Waals surface area contributed by atoms with E-state index >= 15 is 0 Å². The lowest BCUT2D eigenvalue weighted by Gasteiger charge is -2.25. The topological polar surface area (TPSA) is 152 Å². The maximum absolute atomic E-state index is 14.2. The standard InChI is InChI=1S/2C17H16F2N2O2/c2*18-10-2-4-11(14(19)6-10)13-7-16(17(20)23)21-15-5-9(8-22)1-3-12(13)15/h2*2,4,6-7,9,22H,1,3,5,8H2,(H2,20,23)/t2*9-/m10/s1. The van der Waals surface area contributed by atoms with Crippen molar-refractivity contribution in [3.05, 3.63) is 106 Å². The lowest BCUT2D eigenvalue weighted by molar-refractivity contribution is 0.0987. The predicted octanol–water partition coefficient (Wildman–Crippen LogP) is 4.45. The number of nitrogens with zero attached hydrogens (tertiary/aromatic N) is 2. The van der Waals surface area contributed by atoms with Gasteiger partial charge in [0.25, 0.3) is 11.8 Å². The fraction of sp³-hybridized carbons (Fsp3) is 0.294. The molecule has 0 saturated carbocycles. The van der Waals surface area contributed by atoms with E-state index in [2.05, 4.69) is 9.97 Å². The SMILES string of the molecule is NC(=O)c1cc(-c2ccc(F)cc2F)c2c(n1)C[C@@H](CO)CC2.NC(=O)c1cc(-c2ccc(F)cc2F)c2c(n1)C[C@H](CO)CC2. The van der Waals surface area contributed by atoms with Crippen LogP contribution in [0.5, 0.6) is 0 Å². The zero-order chi connectivity index (χ0) is 33.1. The second-order valence-electron chi connectivity index (χ2n) is 11.5. The van der Waals surface area contributed by atoms with Gasteiger partial charge in [-0.15, -0.1) is 0 Å². The van der Waals surface area contributed by atoms with Crippen LogP contribution >= 0.6 is 0 Å². The minimum atomic E-state index is -0.706. The van der Waals surface area contributed by atoms with Crippen molar-refractivity contribution in [2.45, 2.75) is 38.5 Å². The summed E-state index contributed by atoms with van der Waals surface area (Å²) in [6.07, 6.45) is 3.72. The van der Waals surface area contributed by atoms with E-state index in [1.165, 1.54) is 36.4 Å². The largest absolute Gasteiger partial charge is 0.396 e. The maximum atomic E-state index is 14.2. The molecule has 240 valence electrons. The van der Waals surface area contributed by atoms with Gasteiger partial charge in [0.15, 0.2) is 0 Å². The van der Waals surface area contributed by atoms with Gasteiger partial charge >= 0.3 is 0 Å². The highest BCUT2D eigenvalue weighted by Crippen LogP contribution is 2.36. The van der Waals surface area contributed by atoms with E-state index in [4.69, 9.17) is 11.5 Å². The summed E-state index contributed by atoms with van der Waals surface area (Å²) in [6, 6.07) is 9.58. The number of nitrogens with two attached hydrogens (primary N) is 2. The average molecular weight is 637 g/mol. The Morgan fingerprint density at radius 3 is 1.37 bits per heavy atom. The Labute approximate surface area is 262 Å². The molecule has 0 fully saturated rings. The maximum Gasteiger partial charge on any atom is 0.267 e. The number of aliphatic hydroxyl groups excluding tert-OH is 2. The van der Waals surface area contributed by atoms with Crippen LogP contribution in [0.3, 0.4) is 0 Å². The summed E-state index contributed by atoms with van der Waals surface area (Å²) in [5.74, 6) is -4.01. The molecule has 46 heavy (non-hydrogen) atoms. The molecule has 0 saturated heterocycles. The lowest BCUT2D eigenvalue weighted by atomic mass is 9.83. The molecule has 2 aliphatic carbocycles. The molecule has 6 N–H and O–H groups in total. The number of rotatable bonds is 6. The number of carbonyl (C=O) groups excluding carboxylic acids is 2. The second kappa shape index (κ2) is 13.8. The van der Waals surface area contributed by atoms with Gasteiger partial charge in [-0.3, -0.25) is 9.59 Å². The molecular formula is C34H32F4N4O4. The molecule has 0 bridgehead atoms. The van der Waals surface area contributed by atoms with Crippen molar-refractivity contribution >= 4 is 11.8 Å². The summed E-state index contributed by atoms with van der Waals surface area (Å²) in [7, 11) is 0. The highest BCUT2D eigenvalue weighted by Gasteiger charge is 2.26. The molecule has 0 unspecified atom stereocenters. The molecule has 2 heterocycles. The molecule has 0 spiro atoms. The molecule has 2 atom stereocenters. The molecule has 2 aromatic heterocycles. The summed E-state index contributed by atoms with van der Waals surface area (Å²) in [4.78, 5) is 31.6. The van der Waals surface area contributed by atoms with E-state index in [0.717, 1.165) is 36.1 Å². The molecule has 6 rings (SSSR count). The van der Waals surface area contributed by atoms with Crippen molar-refractivity contribution < 1.29 is 37.4 Å². The summed E-state index contributed by atoms with van der Waals surface area (Å²) < 4.78 is 54.6. The van der Waals surface area contributed by atoms with Crippen LogP contribution in [0.25, 0.3) is 22.3 Å². The van der Waals surface area contributed by atoms with Gasteiger partial charge in [0.1, 0.15) is 34.7 Å². The van der Waals surface area contributed by atoms with Gasteiger partial charge in [-0.05, 0) is 109 Å². The molecule has 4 aromatic rings. The number of aromatic nitrogens is 2. The third-order valence-corrected chi connectivity index (χ3v) is 8.45. The third kappa shape index (κ3) is 6.92. The van der Waals surface area contributed by atoms with E-state index < -0.39 is 35.1 Å². The monoisotopic (exact) mass is 636 g/mol. The lowest BCUT2D eigenvalue weighted by Crippen LogP contribution is -2.22. The average Bonchev–Trinajstić information content (AvgIpc) is 3.03. The Hall–Kier alpha value is -4.68. The van der Waals surface area contributed by atoms with Gasteiger partial charge in [0.05, 0.1) is 0 Å². The van der Waals surface area contributed by atoms with E-state index in [1.807, 2.05) is 0 Å². The zero-order valence-electron chi connectivity index (χ0n) is 24.7. The van der Waals surface area contributed by atoms with E-state index in [1.54, 1.807) is 0 Å². The Morgan fingerprint density at radius 1 is 0.652 bits per heavy atom. The minimum absolute atomic E-state index is 0.0299. The number of hydrogen-bond donors (Lipinski definition) is 4. The zero-order valence-corrected chi connectivity index (χ0v) is 24.7. The second-order valence-corrected chi connectivity index (χ2v) is 11.5. The Morgan fingerprint density at radius 2 is 1.04 bits per heavy atom. The molecule has 2 aromatic carbocycles. The number of benzene rings is 2. The van der Waals surface area contributed by atoms with Crippen LogP contribution in [0.1, 0.15) is 56.3 Å². The van der Waals surface area contributed by atoms with Gasteiger partial charge in [-0.2, -0.15) is 0 Å². The number of fused-ring (bicyclic) bond motifs is 2. The minimum Gasteiger partial charge on any atom is -0.396 e. The molecule has 2 aliphatic rings. The summed E-state index contributed by atoms with van der Waals surface area (Å²) in [5.41, 5.74) is 15.1. The molecule has 12 heteroatoms. The Bertz CT molecular complexity index is 1690.